The monoisotopic (exact) mass is 624 g/mol. The number of rotatable bonds is 4. The summed E-state index contributed by atoms with van der Waals surface area (Å²) < 4.78 is 2.43. The minimum absolute atomic E-state index is 0.648. The highest BCUT2D eigenvalue weighted by Crippen LogP contribution is 2.42. The summed E-state index contributed by atoms with van der Waals surface area (Å²) in [4.78, 5) is 15.0. The lowest BCUT2D eigenvalue weighted by molar-refractivity contribution is 1.07. The maximum Gasteiger partial charge on any atom is 0.164 e. The third-order valence-corrected chi connectivity index (χ3v) is 9.62. The molecule has 4 heteroatoms. The first-order valence-electron chi connectivity index (χ1n) is 16.5. The van der Waals surface area contributed by atoms with E-state index in [1.54, 1.807) is 0 Å². The molecule has 0 saturated carbocycles. The van der Waals surface area contributed by atoms with Crippen LogP contribution in [0.2, 0.25) is 0 Å². The quantitative estimate of drug-likeness (QED) is 0.183. The van der Waals surface area contributed by atoms with Crippen molar-refractivity contribution < 1.29 is 0 Å². The van der Waals surface area contributed by atoms with E-state index in [1.807, 2.05) is 60.7 Å². The maximum atomic E-state index is 5.05. The van der Waals surface area contributed by atoms with E-state index in [1.165, 1.54) is 48.7 Å². The molecule has 0 radical (unpaired) electrons. The van der Waals surface area contributed by atoms with Crippen molar-refractivity contribution in [2.24, 2.45) is 0 Å². The molecule has 0 aliphatic heterocycles. The molecule has 0 saturated heterocycles. The molecule has 8 aromatic carbocycles. The number of hydrogen-bond acceptors (Lipinski definition) is 3. The second-order valence-corrected chi connectivity index (χ2v) is 12.4. The summed E-state index contributed by atoms with van der Waals surface area (Å²) in [6.07, 6.45) is 0. The van der Waals surface area contributed by atoms with Gasteiger partial charge in [0.2, 0.25) is 0 Å². The lowest BCUT2D eigenvalue weighted by Gasteiger charge is -2.17. The minimum Gasteiger partial charge on any atom is -0.309 e. The van der Waals surface area contributed by atoms with E-state index in [-0.39, 0.29) is 0 Å². The second-order valence-electron chi connectivity index (χ2n) is 12.4. The Hall–Kier alpha value is -6.65. The van der Waals surface area contributed by atoms with Gasteiger partial charge in [0.1, 0.15) is 0 Å². The number of aromatic nitrogens is 4. The molecule has 228 valence electrons. The third kappa shape index (κ3) is 4.35. The first-order valence-corrected chi connectivity index (χ1v) is 16.5. The maximum absolute atomic E-state index is 5.05. The molecule has 4 nitrogen and oxygen atoms in total. The van der Waals surface area contributed by atoms with Crippen LogP contribution in [0, 0.1) is 0 Å². The van der Waals surface area contributed by atoms with Crippen LogP contribution in [0.5, 0.6) is 0 Å². The van der Waals surface area contributed by atoms with Gasteiger partial charge in [0.05, 0.1) is 16.7 Å². The van der Waals surface area contributed by atoms with Crippen LogP contribution in [-0.4, -0.2) is 19.5 Å². The fourth-order valence-corrected chi connectivity index (χ4v) is 7.43. The van der Waals surface area contributed by atoms with Crippen molar-refractivity contribution in [2.45, 2.75) is 0 Å². The SMILES string of the molecule is c1ccc(-c2nc(-c3ccccc3)nc(-c3ccc4c5ccccc5c5c(-n6c7ccccc7c7ccccc76)cccc5c4c3)n2)cc1. The summed E-state index contributed by atoms with van der Waals surface area (Å²) in [7, 11) is 0. The molecule has 10 rings (SSSR count). The Bertz CT molecular complexity index is 2760. The van der Waals surface area contributed by atoms with E-state index in [0.29, 0.717) is 17.5 Å². The predicted octanol–water partition coefficient (Wildman–Crippen LogP) is 11.4. The highest BCUT2D eigenvalue weighted by atomic mass is 15.0. The number of benzene rings is 8. The summed E-state index contributed by atoms with van der Waals surface area (Å²) in [5, 5.41) is 9.73. The first kappa shape index (κ1) is 27.5. The van der Waals surface area contributed by atoms with Crippen molar-refractivity contribution >= 4 is 54.1 Å². The van der Waals surface area contributed by atoms with Crippen molar-refractivity contribution in [1.29, 1.82) is 0 Å². The van der Waals surface area contributed by atoms with Gasteiger partial charge in [0.15, 0.2) is 17.5 Å². The molecule has 0 N–H and O–H groups in total. The third-order valence-electron chi connectivity index (χ3n) is 9.62. The van der Waals surface area contributed by atoms with E-state index < -0.39 is 0 Å². The average molecular weight is 625 g/mol. The molecule has 0 unspecified atom stereocenters. The molecule has 2 aromatic heterocycles. The van der Waals surface area contributed by atoms with E-state index >= 15 is 0 Å². The summed E-state index contributed by atoms with van der Waals surface area (Å²) >= 11 is 0. The van der Waals surface area contributed by atoms with Crippen LogP contribution >= 0.6 is 0 Å². The zero-order valence-electron chi connectivity index (χ0n) is 26.5. The summed E-state index contributed by atoms with van der Waals surface area (Å²) in [5.41, 5.74) is 6.41. The van der Waals surface area contributed by atoms with Crippen LogP contribution in [0.15, 0.2) is 170 Å². The summed E-state index contributed by atoms with van der Waals surface area (Å²) in [5.74, 6) is 1.96. The summed E-state index contributed by atoms with van der Waals surface area (Å²) in [6, 6.07) is 59.8. The van der Waals surface area contributed by atoms with Gasteiger partial charge in [0.25, 0.3) is 0 Å². The van der Waals surface area contributed by atoms with Gasteiger partial charge < -0.3 is 4.57 Å². The van der Waals surface area contributed by atoms with Gasteiger partial charge in [-0.05, 0) is 51.2 Å². The number of fused-ring (bicyclic) bond motifs is 9. The Balaban J connectivity index is 1.28. The molecule has 49 heavy (non-hydrogen) atoms. The smallest absolute Gasteiger partial charge is 0.164 e. The number of para-hydroxylation sites is 2. The molecular weight excluding hydrogens is 597 g/mol. The Labute approximate surface area is 282 Å². The fraction of sp³-hybridized carbons (Fsp3) is 0. The molecular formula is C45H28N4. The number of nitrogens with zero attached hydrogens (tertiary/aromatic N) is 4. The van der Waals surface area contributed by atoms with Crippen LogP contribution in [-0.2, 0) is 0 Å². The number of hydrogen-bond donors (Lipinski definition) is 0. The van der Waals surface area contributed by atoms with Gasteiger partial charge in [-0.3, -0.25) is 0 Å². The van der Waals surface area contributed by atoms with Gasteiger partial charge in [0, 0.05) is 32.8 Å². The minimum atomic E-state index is 0.648. The standard InChI is InChI=1S/C45H28N4/c1-3-14-29(15-4-1)43-46-44(30-16-5-2-6-17-30)48-45(47-43)31-26-27-33-32-18-7-8-21-36(32)42-37(38(33)28-31)22-13-25-41(42)49-39-23-11-9-19-34(39)35-20-10-12-24-40(35)49/h1-28H. The van der Waals surface area contributed by atoms with Crippen molar-refractivity contribution in [1.82, 2.24) is 19.5 Å². The van der Waals surface area contributed by atoms with Crippen molar-refractivity contribution in [3.05, 3.63) is 170 Å². The Kier molecular flexibility index (Phi) is 6.15. The topological polar surface area (TPSA) is 43.6 Å². The van der Waals surface area contributed by atoms with Crippen LogP contribution in [0.3, 0.4) is 0 Å². The zero-order chi connectivity index (χ0) is 32.3. The van der Waals surface area contributed by atoms with Crippen LogP contribution in [0.25, 0.3) is 94.0 Å². The van der Waals surface area contributed by atoms with Gasteiger partial charge >= 0.3 is 0 Å². The molecule has 0 spiro atoms. The lowest BCUT2D eigenvalue weighted by atomic mass is 9.92. The van der Waals surface area contributed by atoms with Gasteiger partial charge in [-0.2, -0.15) is 0 Å². The fourth-order valence-electron chi connectivity index (χ4n) is 7.43. The molecule has 0 fully saturated rings. The van der Waals surface area contributed by atoms with Crippen molar-refractivity contribution in [3.8, 4) is 39.9 Å². The molecule has 0 atom stereocenters. The van der Waals surface area contributed by atoms with Crippen molar-refractivity contribution in [3.63, 3.8) is 0 Å². The Morgan fingerprint density at radius 3 is 1.37 bits per heavy atom. The van der Waals surface area contributed by atoms with Gasteiger partial charge in [-0.15, -0.1) is 0 Å². The average Bonchev–Trinajstić information content (AvgIpc) is 3.52. The van der Waals surface area contributed by atoms with E-state index in [4.69, 9.17) is 15.0 Å². The molecule has 0 aliphatic carbocycles. The molecule has 10 aromatic rings. The van der Waals surface area contributed by atoms with Crippen LogP contribution in [0.1, 0.15) is 0 Å². The Morgan fingerprint density at radius 1 is 0.306 bits per heavy atom. The summed E-state index contributed by atoms with van der Waals surface area (Å²) in [6.45, 7) is 0. The molecule has 2 heterocycles. The van der Waals surface area contributed by atoms with Crippen molar-refractivity contribution in [2.75, 3.05) is 0 Å². The van der Waals surface area contributed by atoms with Gasteiger partial charge in [-0.1, -0.05) is 146 Å². The lowest BCUT2D eigenvalue weighted by Crippen LogP contribution is -2.00. The predicted molar refractivity (Wildman–Crippen MR) is 203 cm³/mol. The van der Waals surface area contributed by atoms with Crippen LogP contribution in [0.4, 0.5) is 0 Å². The van der Waals surface area contributed by atoms with E-state index in [9.17, 15) is 0 Å². The highest BCUT2D eigenvalue weighted by molar-refractivity contribution is 6.28. The first-order chi connectivity index (χ1) is 24.3. The van der Waals surface area contributed by atoms with E-state index in [0.717, 1.165) is 27.8 Å². The zero-order valence-corrected chi connectivity index (χ0v) is 26.5. The van der Waals surface area contributed by atoms with Gasteiger partial charge in [-0.25, -0.2) is 15.0 Å². The normalized spacial score (nSPS) is 11.7. The van der Waals surface area contributed by atoms with Crippen LogP contribution < -0.4 is 0 Å². The Morgan fingerprint density at radius 2 is 0.755 bits per heavy atom. The molecule has 0 aliphatic rings. The molecule has 0 amide bonds. The van der Waals surface area contributed by atoms with E-state index in [2.05, 4.69) is 114 Å². The largest absolute Gasteiger partial charge is 0.309 e. The second kappa shape index (κ2) is 11.0. The highest BCUT2D eigenvalue weighted by Gasteiger charge is 2.19. The molecule has 0 bridgehead atoms.